The van der Waals surface area contributed by atoms with Crippen LogP contribution >= 0.6 is 12.4 Å². The molecular formula is C13H25ClN2O2. The number of halogens is 1. The molecule has 2 fully saturated rings. The Morgan fingerprint density at radius 2 is 2.17 bits per heavy atom. The molecule has 5 heteroatoms. The van der Waals surface area contributed by atoms with Gasteiger partial charge in [-0.1, -0.05) is 0 Å². The highest BCUT2D eigenvalue weighted by Gasteiger charge is 2.28. The van der Waals surface area contributed by atoms with Crippen LogP contribution in [-0.4, -0.2) is 37.2 Å². The monoisotopic (exact) mass is 276 g/mol. The van der Waals surface area contributed by atoms with E-state index in [1.165, 1.54) is 0 Å². The van der Waals surface area contributed by atoms with Gasteiger partial charge in [0.25, 0.3) is 0 Å². The summed E-state index contributed by atoms with van der Waals surface area (Å²) in [6, 6.07) is 0. The van der Waals surface area contributed by atoms with Gasteiger partial charge in [0, 0.05) is 18.6 Å². The SMILES string of the molecule is CC1(NC(=O)CCC2CCCO2)CCNCC1.Cl. The molecule has 0 saturated carbocycles. The zero-order valence-electron chi connectivity index (χ0n) is 11.2. The first kappa shape index (κ1) is 15.7. The third-order valence-electron chi connectivity index (χ3n) is 3.87. The molecule has 1 unspecified atom stereocenters. The maximum atomic E-state index is 11.9. The molecule has 0 aromatic heterocycles. The van der Waals surface area contributed by atoms with Crippen LogP contribution in [0.2, 0.25) is 0 Å². The maximum Gasteiger partial charge on any atom is 0.220 e. The highest BCUT2D eigenvalue weighted by Crippen LogP contribution is 2.19. The zero-order chi connectivity index (χ0) is 12.1. The molecule has 0 spiro atoms. The van der Waals surface area contributed by atoms with Crippen LogP contribution in [0.1, 0.15) is 45.4 Å². The molecule has 106 valence electrons. The molecule has 0 radical (unpaired) electrons. The number of hydrogen-bond donors (Lipinski definition) is 2. The molecule has 1 amide bonds. The lowest BCUT2D eigenvalue weighted by molar-refractivity contribution is -0.123. The van der Waals surface area contributed by atoms with Crippen molar-refractivity contribution in [3.63, 3.8) is 0 Å². The lowest BCUT2D eigenvalue weighted by Crippen LogP contribution is -2.52. The number of nitrogens with one attached hydrogen (secondary N) is 2. The summed E-state index contributed by atoms with van der Waals surface area (Å²) in [6.07, 6.45) is 6.12. The second kappa shape index (κ2) is 7.31. The fourth-order valence-corrected chi connectivity index (χ4v) is 2.67. The van der Waals surface area contributed by atoms with Gasteiger partial charge in [0.1, 0.15) is 0 Å². The molecule has 4 nitrogen and oxygen atoms in total. The lowest BCUT2D eigenvalue weighted by atomic mass is 9.90. The third-order valence-corrected chi connectivity index (χ3v) is 3.87. The first-order valence-corrected chi connectivity index (χ1v) is 6.81. The maximum absolute atomic E-state index is 11.9. The van der Waals surface area contributed by atoms with E-state index in [2.05, 4.69) is 17.6 Å². The predicted molar refractivity (Wildman–Crippen MR) is 74.1 cm³/mol. The van der Waals surface area contributed by atoms with Crippen LogP contribution in [0.3, 0.4) is 0 Å². The normalized spacial score (nSPS) is 26.4. The average molecular weight is 277 g/mol. The summed E-state index contributed by atoms with van der Waals surface area (Å²) < 4.78 is 5.53. The average Bonchev–Trinajstić information content (AvgIpc) is 2.79. The first-order chi connectivity index (χ1) is 8.18. The Morgan fingerprint density at radius 3 is 2.78 bits per heavy atom. The quantitative estimate of drug-likeness (QED) is 0.821. The fraction of sp³-hybridized carbons (Fsp3) is 0.923. The third kappa shape index (κ3) is 4.75. The zero-order valence-corrected chi connectivity index (χ0v) is 12.0. The van der Waals surface area contributed by atoms with Gasteiger partial charge in [0.05, 0.1) is 6.10 Å². The molecular weight excluding hydrogens is 252 g/mol. The van der Waals surface area contributed by atoms with E-state index in [-0.39, 0.29) is 23.9 Å². The van der Waals surface area contributed by atoms with E-state index in [0.29, 0.717) is 12.5 Å². The molecule has 2 saturated heterocycles. The molecule has 0 aromatic rings. The minimum atomic E-state index is -0.00112. The molecule has 2 aliphatic heterocycles. The van der Waals surface area contributed by atoms with Gasteiger partial charge in [-0.25, -0.2) is 0 Å². The number of carbonyl (C=O) groups is 1. The van der Waals surface area contributed by atoms with E-state index in [4.69, 9.17) is 4.74 Å². The van der Waals surface area contributed by atoms with Gasteiger partial charge in [-0.2, -0.15) is 0 Å². The Hall–Kier alpha value is -0.320. The van der Waals surface area contributed by atoms with E-state index < -0.39 is 0 Å². The number of amides is 1. The van der Waals surface area contributed by atoms with E-state index in [9.17, 15) is 4.79 Å². The van der Waals surface area contributed by atoms with Crippen LogP contribution in [0.5, 0.6) is 0 Å². The summed E-state index contributed by atoms with van der Waals surface area (Å²) in [5, 5.41) is 6.50. The van der Waals surface area contributed by atoms with Gasteiger partial charge in [0.15, 0.2) is 0 Å². The van der Waals surface area contributed by atoms with Crippen molar-refractivity contribution in [2.24, 2.45) is 0 Å². The summed E-state index contributed by atoms with van der Waals surface area (Å²) in [6.45, 7) is 5.03. The Balaban J connectivity index is 0.00000162. The second-order valence-electron chi connectivity index (χ2n) is 5.53. The van der Waals surface area contributed by atoms with Crippen molar-refractivity contribution < 1.29 is 9.53 Å². The molecule has 0 bridgehead atoms. The van der Waals surface area contributed by atoms with E-state index in [1.807, 2.05) is 0 Å². The van der Waals surface area contributed by atoms with Gasteiger partial charge < -0.3 is 15.4 Å². The molecule has 2 heterocycles. The van der Waals surface area contributed by atoms with E-state index >= 15 is 0 Å². The van der Waals surface area contributed by atoms with Crippen molar-refractivity contribution in [2.45, 2.75) is 57.1 Å². The van der Waals surface area contributed by atoms with Gasteiger partial charge in [-0.15, -0.1) is 12.4 Å². The first-order valence-electron chi connectivity index (χ1n) is 6.81. The van der Waals surface area contributed by atoms with Crippen molar-refractivity contribution in [1.82, 2.24) is 10.6 Å². The van der Waals surface area contributed by atoms with Gasteiger partial charge in [0.2, 0.25) is 5.91 Å². The molecule has 0 aliphatic carbocycles. The largest absolute Gasteiger partial charge is 0.378 e. The van der Waals surface area contributed by atoms with Gasteiger partial charge in [-0.05, 0) is 52.1 Å². The standard InChI is InChI=1S/C13H24N2O2.ClH/c1-13(6-8-14-9-7-13)15-12(16)5-4-11-3-2-10-17-11;/h11,14H,2-10H2,1H3,(H,15,16);1H. The molecule has 2 N–H and O–H groups in total. The number of carbonyl (C=O) groups excluding carboxylic acids is 1. The number of hydrogen-bond acceptors (Lipinski definition) is 3. The summed E-state index contributed by atoms with van der Waals surface area (Å²) in [7, 11) is 0. The van der Waals surface area contributed by atoms with Crippen molar-refractivity contribution >= 4 is 18.3 Å². The van der Waals surface area contributed by atoms with E-state index in [1.54, 1.807) is 0 Å². The van der Waals surface area contributed by atoms with Crippen molar-refractivity contribution in [3.05, 3.63) is 0 Å². The minimum Gasteiger partial charge on any atom is -0.378 e. The summed E-state index contributed by atoms with van der Waals surface area (Å²) in [5.41, 5.74) is -0.00112. The number of piperidine rings is 1. The Kier molecular flexibility index (Phi) is 6.39. The van der Waals surface area contributed by atoms with Crippen LogP contribution in [-0.2, 0) is 9.53 Å². The molecule has 2 rings (SSSR count). The summed E-state index contributed by atoms with van der Waals surface area (Å²) in [4.78, 5) is 11.9. The minimum absolute atomic E-state index is 0. The Morgan fingerprint density at radius 1 is 1.44 bits per heavy atom. The highest BCUT2D eigenvalue weighted by atomic mass is 35.5. The van der Waals surface area contributed by atoms with Gasteiger partial charge in [-0.3, -0.25) is 4.79 Å². The number of rotatable bonds is 4. The summed E-state index contributed by atoms with van der Waals surface area (Å²) >= 11 is 0. The summed E-state index contributed by atoms with van der Waals surface area (Å²) in [5.74, 6) is 0.185. The van der Waals surface area contributed by atoms with Crippen LogP contribution in [0.4, 0.5) is 0 Å². The van der Waals surface area contributed by atoms with Gasteiger partial charge >= 0.3 is 0 Å². The van der Waals surface area contributed by atoms with Crippen LogP contribution < -0.4 is 10.6 Å². The fourth-order valence-electron chi connectivity index (χ4n) is 2.67. The molecule has 0 aromatic carbocycles. The topological polar surface area (TPSA) is 50.4 Å². The Labute approximate surface area is 116 Å². The lowest BCUT2D eigenvalue weighted by Gasteiger charge is -2.35. The molecule has 2 aliphatic rings. The van der Waals surface area contributed by atoms with Crippen molar-refractivity contribution in [3.8, 4) is 0 Å². The predicted octanol–water partition coefficient (Wildman–Crippen LogP) is 1.63. The Bertz CT molecular complexity index is 262. The second-order valence-corrected chi connectivity index (χ2v) is 5.53. The highest BCUT2D eigenvalue weighted by molar-refractivity contribution is 5.85. The van der Waals surface area contributed by atoms with Crippen LogP contribution in [0.15, 0.2) is 0 Å². The number of ether oxygens (including phenoxy) is 1. The molecule has 1 atom stereocenters. The van der Waals surface area contributed by atoms with Crippen LogP contribution in [0.25, 0.3) is 0 Å². The van der Waals surface area contributed by atoms with Crippen molar-refractivity contribution in [1.29, 1.82) is 0 Å². The molecule has 18 heavy (non-hydrogen) atoms. The smallest absolute Gasteiger partial charge is 0.220 e. The van der Waals surface area contributed by atoms with Crippen LogP contribution in [0, 0.1) is 0 Å². The van der Waals surface area contributed by atoms with E-state index in [0.717, 1.165) is 51.8 Å². The van der Waals surface area contributed by atoms with Crippen molar-refractivity contribution in [2.75, 3.05) is 19.7 Å².